The van der Waals surface area contributed by atoms with Gasteiger partial charge in [-0.25, -0.2) is 0 Å². The summed E-state index contributed by atoms with van der Waals surface area (Å²) in [6.07, 6.45) is 0. The predicted octanol–water partition coefficient (Wildman–Crippen LogP) is 18.3. The molecule has 2 aliphatic rings. The first-order valence-corrected chi connectivity index (χ1v) is 27.8. The minimum Gasteiger partial charge on any atom is -0.457 e. The number of ketones is 2. The third-order valence-corrected chi connectivity index (χ3v) is 14.8. The first-order valence-electron chi connectivity index (χ1n) is 27.8. The number of ether oxygens (including phenoxy) is 2. The zero-order valence-corrected chi connectivity index (χ0v) is 45.5. The predicted molar refractivity (Wildman–Crippen MR) is 340 cm³/mol. The van der Waals surface area contributed by atoms with E-state index >= 15 is 0 Å². The highest BCUT2D eigenvalue weighted by atomic mass is 16.5. The standard InChI is InChI=1S/C80H50O4/c81-79-75(59-23-11-3-12-24-59)71(63-39-35-57(36-40-63)33-31-55-19-7-1-8-20-55)73(77(79)61-27-15-5-16-28-61)65-43-47-67(48-44-65)83-69-51-53-70(54-52-69)84-68-49-45-66(46-50-68)74-72(64-41-37-58(38-42-64)34-32-56-21-9-2-10-22-56)76(60-25-13-4-14-26-60)80(82)78(74)62-29-17-6-18-30-62/h1-30,35-54H. The van der Waals surface area contributed by atoms with Gasteiger partial charge in [-0.2, -0.15) is 0 Å². The number of Topliss-reactive ketones (excluding diaryl/α,β-unsaturated/α-hetero) is 2. The van der Waals surface area contributed by atoms with Gasteiger partial charge >= 0.3 is 0 Å². The summed E-state index contributed by atoms with van der Waals surface area (Å²) in [7, 11) is 0. The van der Waals surface area contributed by atoms with Crippen LogP contribution in [0.5, 0.6) is 23.0 Å². The molecule has 0 heterocycles. The molecule has 394 valence electrons. The number of carbonyl (C=O) groups is 2. The Morgan fingerprint density at radius 2 is 0.357 bits per heavy atom. The van der Waals surface area contributed by atoms with Gasteiger partial charge in [-0.15, -0.1) is 0 Å². The van der Waals surface area contributed by atoms with Gasteiger partial charge in [0.1, 0.15) is 23.0 Å². The summed E-state index contributed by atoms with van der Waals surface area (Å²) in [6.45, 7) is 0. The monoisotopic (exact) mass is 1070 g/mol. The van der Waals surface area contributed by atoms with E-state index in [0.29, 0.717) is 45.3 Å². The van der Waals surface area contributed by atoms with Gasteiger partial charge in [0.05, 0.1) is 0 Å². The van der Waals surface area contributed by atoms with Gasteiger partial charge in [-0.1, -0.05) is 230 Å². The average Bonchev–Trinajstić information content (AvgIpc) is 3.31. The zero-order valence-electron chi connectivity index (χ0n) is 45.5. The van der Waals surface area contributed by atoms with Crippen LogP contribution >= 0.6 is 0 Å². The smallest absolute Gasteiger partial charge is 0.195 e. The van der Waals surface area contributed by atoms with Crippen LogP contribution in [-0.2, 0) is 9.59 Å². The normalized spacial score (nSPS) is 12.9. The van der Waals surface area contributed by atoms with E-state index in [1.54, 1.807) is 0 Å². The van der Waals surface area contributed by atoms with E-state index in [0.717, 1.165) is 89.1 Å². The van der Waals surface area contributed by atoms with Crippen LogP contribution in [0.25, 0.3) is 44.6 Å². The van der Waals surface area contributed by atoms with Crippen LogP contribution in [0.15, 0.2) is 303 Å². The number of hydrogen-bond acceptors (Lipinski definition) is 4. The molecule has 84 heavy (non-hydrogen) atoms. The third-order valence-electron chi connectivity index (χ3n) is 14.8. The van der Waals surface area contributed by atoms with Crippen LogP contribution in [0, 0.1) is 23.7 Å². The lowest BCUT2D eigenvalue weighted by Crippen LogP contribution is -2.01. The molecule has 0 bridgehead atoms. The van der Waals surface area contributed by atoms with Crippen molar-refractivity contribution in [1.29, 1.82) is 0 Å². The summed E-state index contributed by atoms with van der Waals surface area (Å²) < 4.78 is 12.9. The van der Waals surface area contributed by atoms with Gasteiger partial charge in [0.15, 0.2) is 11.6 Å². The fraction of sp³-hybridized carbons (Fsp3) is 0. The highest BCUT2D eigenvalue weighted by Gasteiger charge is 2.37. The molecule has 0 atom stereocenters. The maximum atomic E-state index is 15.0. The van der Waals surface area contributed by atoms with Crippen molar-refractivity contribution in [3.63, 3.8) is 0 Å². The van der Waals surface area contributed by atoms with Gasteiger partial charge in [-0.3, -0.25) is 9.59 Å². The maximum Gasteiger partial charge on any atom is 0.195 e. The Bertz CT molecular complexity index is 4200. The van der Waals surface area contributed by atoms with Crippen molar-refractivity contribution >= 4 is 56.2 Å². The summed E-state index contributed by atoms with van der Waals surface area (Å²) in [5.74, 6) is 15.6. The second-order valence-electron chi connectivity index (χ2n) is 20.2. The largest absolute Gasteiger partial charge is 0.457 e. The molecular weight excluding hydrogens is 1020 g/mol. The lowest BCUT2D eigenvalue weighted by Gasteiger charge is -2.15. The Morgan fingerprint density at radius 3 is 0.595 bits per heavy atom. The molecule has 0 saturated heterocycles. The van der Waals surface area contributed by atoms with Crippen molar-refractivity contribution in [3.8, 4) is 46.7 Å². The molecule has 4 heteroatoms. The fourth-order valence-corrected chi connectivity index (χ4v) is 10.9. The molecule has 0 radical (unpaired) electrons. The van der Waals surface area contributed by atoms with Gasteiger partial charge in [0, 0.05) is 66.8 Å². The second kappa shape index (κ2) is 23.6. The second-order valence-corrected chi connectivity index (χ2v) is 20.2. The third kappa shape index (κ3) is 10.9. The van der Waals surface area contributed by atoms with Gasteiger partial charge < -0.3 is 9.47 Å². The minimum atomic E-state index is -0.0315. The van der Waals surface area contributed by atoms with Crippen molar-refractivity contribution in [2.45, 2.75) is 0 Å². The Morgan fingerprint density at radius 1 is 0.179 bits per heavy atom. The van der Waals surface area contributed by atoms with Gasteiger partial charge in [-0.05, 0) is 142 Å². The molecule has 0 spiro atoms. The molecule has 0 aromatic heterocycles. The Labute approximate surface area is 489 Å². The molecule has 11 aromatic carbocycles. The van der Waals surface area contributed by atoms with Crippen LogP contribution in [0.4, 0.5) is 0 Å². The molecule has 0 saturated carbocycles. The van der Waals surface area contributed by atoms with Crippen molar-refractivity contribution < 1.29 is 19.1 Å². The van der Waals surface area contributed by atoms with Crippen molar-refractivity contribution in [2.24, 2.45) is 0 Å². The molecule has 4 nitrogen and oxygen atoms in total. The quantitative estimate of drug-likeness (QED) is 0.114. The first kappa shape index (κ1) is 51.9. The number of benzene rings is 11. The SMILES string of the molecule is O=C1C(c2ccccc2)=C(c2ccc(C#Cc3ccccc3)cc2)C(c2ccc(Oc3ccc(Oc4ccc(C5=C(c6ccccc6)C(=O)C(c6ccccc6)=C5c5ccc(C#Cc6ccccc6)cc5)cc4)cc3)cc2)=C1c1ccccc1. The average molecular weight is 1080 g/mol. The van der Waals surface area contributed by atoms with Crippen molar-refractivity contribution in [2.75, 3.05) is 0 Å². The van der Waals surface area contributed by atoms with Gasteiger partial charge in [0.25, 0.3) is 0 Å². The van der Waals surface area contributed by atoms with E-state index in [-0.39, 0.29) is 11.6 Å². The minimum absolute atomic E-state index is 0.0315. The Hall–Kier alpha value is -11.6. The first-order chi connectivity index (χ1) is 41.5. The van der Waals surface area contributed by atoms with E-state index < -0.39 is 0 Å². The van der Waals surface area contributed by atoms with Crippen molar-refractivity contribution in [3.05, 3.63) is 370 Å². The number of rotatable bonds is 12. The summed E-state index contributed by atoms with van der Waals surface area (Å²) in [4.78, 5) is 29.9. The number of hydrogen-bond donors (Lipinski definition) is 0. The summed E-state index contributed by atoms with van der Waals surface area (Å²) in [5, 5.41) is 0. The van der Waals surface area contributed by atoms with Crippen LogP contribution in [-0.4, -0.2) is 11.6 Å². The molecule has 0 N–H and O–H groups in total. The molecule has 0 fully saturated rings. The highest BCUT2D eigenvalue weighted by molar-refractivity contribution is 6.60. The van der Waals surface area contributed by atoms with Crippen LogP contribution < -0.4 is 9.47 Å². The fourth-order valence-electron chi connectivity index (χ4n) is 10.9. The lowest BCUT2D eigenvalue weighted by molar-refractivity contribution is -0.109. The molecule has 13 rings (SSSR count). The van der Waals surface area contributed by atoms with Crippen LogP contribution in [0.2, 0.25) is 0 Å². The molecule has 0 unspecified atom stereocenters. The summed E-state index contributed by atoms with van der Waals surface area (Å²) in [6, 6.07) is 99.3. The van der Waals surface area contributed by atoms with Crippen LogP contribution in [0.1, 0.15) is 66.8 Å². The molecule has 0 amide bonds. The summed E-state index contributed by atoms with van der Waals surface area (Å²) in [5.41, 5.74) is 16.6. The lowest BCUT2D eigenvalue weighted by atomic mass is 9.89. The highest BCUT2D eigenvalue weighted by Crippen LogP contribution is 2.52. The molecular formula is C80H50O4. The van der Waals surface area contributed by atoms with E-state index in [9.17, 15) is 9.59 Å². The molecule has 11 aromatic rings. The summed E-state index contributed by atoms with van der Waals surface area (Å²) >= 11 is 0. The van der Waals surface area contributed by atoms with E-state index in [4.69, 9.17) is 9.47 Å². The van der Waals surface area contributed by atoms with Crippen molar-refractivity contribution in [1.82, 2.24) is 0 Å². The topological polar surface area (TPSA) is 52.6 Å². The van der Waals surface area contributed by atoms with E-state index in [1.807, 2.05) is 279 Å². The Balaban J connectivity index is 0.771. The maximum absolute atomic E-state index is 15.0. The zero-order chi connectivity index (χ0) is 56.6. The molecule has 0 aliphatic heterocycles. The van der Waals surface area contributed by atoms with Crippen LogP contribution in [0.3, 0.4) is 0 Å². The number of carbonyl (C=O) groups excluding carboxylic acids is 2. The van der Waals surface area contributed by atoms with Gasteiger partial charge in [0.2, 0.25) is 0 Å². The molecule has 2 aliphatic carbocycles. The van der Waals surface area contributed by atoms with E-state index in [2.05, 4.69) is 47.9 Å². The number of allylic oxidation sites excluding steroid dienone is 8. The Kier molecular flexibility index (Phi) is 14.6. The van der Waals surface area contributed by atoms with E-state index in [1.165, 1.54) is 0 Å².